The largest absolute Gasteiger partial charge is 0.392 e. The van der Waals surface area contributed by atoms with Crippen LogP contribution in [0.4, 0.5) is 5.69 Å². The lowest BCUT2D eigenvalue weighted by Crippen LogP contribution is -2.35. The maximum Gasteiger partial charge on any atom is 0.0703 e. The molecule has 2 aliphatic rings. The number of hydrogen-bond donors (Lipinski definition) is 1. The van der Waals surface area contributed by atoms with Crippen LogP contribution >= 0.6 is 0 Å². The molecule has 3 rings (SSSR count). The van der Waals surface area contributed by atoms with Crippen LogP contribution in [-0.2, 0) is 6.61 Å². The van der Waals surface area contributed by atoms with Gasteiger partial charge in [-0.3, -0.25) is 4.98 Å². The average Bonchev–Trinajstić information content (AvgIpc) is 3.09. The van der Waals surface area contributed by atoms with E-state index in [9.17, 15) is 5.11 Å². The Morgan fingerprint density at radius 2 is 2.06 bits per heavy atom. The minimum Gasteiger partial charge on any atom is -0.392 e. The van der Waals surface area contributed by atoms with Crippen molar-refractivity contribution in [2.24, 2.45) is 5.92 Å². The van der Waals surface area contributed by atoms with E-state index in [1.165, 1.54) is 38.5 Å². The van der Waals surface area contributed by atoms with Gasteiger partial charge in [-0.25, -0.2) is 0 Å². The van der Waals surface area contributed by atoms with E-state index in [4.69, 9.17) is 0 Å². The zero-order chi connectivity index (χ0) is 12.4. The quantitative estimate of drug-likeness (QED) is 0.891. The Labute approximate surface area is 109 Å². The molecule has 0 amide bonds. The van der Waals surface area contributed by atoms with E-state index in [2.05, 4.69) is 9.88 Å². The van der Waals surface area contributed by atoms with Gasteiger partial charge < -0.3 is 10.0 Å². The van der Waals surface area contributed by atoms with E-state index in [1.54, 1.807) is 6.20 Å². The molecule has 2 heterocycles. The van der Waals surface area contributed by atoms with Gasteiger partial charge in [-0.15, -0.1) is 0 Å². The van der Waals surface area contributed by atoms with Gasteiger partial charge in [0.1, 0.15) is 0 Å². The van der Waals surface area contributed by atoms with Crippen molar-refractivity contribution >= 4 is 5.69 Å². The van der Waals surface area contributed by atoms with Gasteiger partial charge in [0.05, 0.1) is 18.5 Å². The highest BCUT2D eigenvalue weighted by Gasteiger charge is 2.34. The lowest BCUT2D eigenvalue weighted by molar-refractivity contribution is 0.281. The van der Waals surface area contributed by atoms with Gasteiger partial charge in [0, 0.05) is 24.3 Å². The summed E-state index contributed by atoms with van der Waals surface area (Å²) in [6.07, 6.45) is 11.9. The van der Waals surface area contributed by atoms with Crippen molar-refractivity contribution in [2.75, 3.05) is 11.4 Å². The summed E-state index contributed by atoms with van der Waals surface area (Å²) in [5.74, 6) is 0.860. The van der Waals surface area contributed by atoms with Crippen LogP contribution in [0, 0.1) is 5.92 Å². The summed E-state index contributed by atoms with van der Waals surface area (Å²) in [4.78, 5) is 6.75. The monoisotopic (exact) mass is 246 g/mol. The molecule has 3 nitrogen and oxygen atoms in total. The summed E-state index contributed by atoms with van der Waals surface area (Å²) in [7, 11) is 0. The first-order valence-corrected chi connectivity index (χ1v) is 7.20. The first-order chi connectivity index (χ1) is 8.90. The fourth-order valence-corrected chi connectivity index (χ4v) is 3.73. The number of aliphatic hydroxyl groups excluding tert-OH is 1. The lowest BCUT2D eigenvalue weighted by atomic mass is 9.95. The predicted molar refractivity (Wildman–Crippen MR) is 72.5 cm³/mol. The highest BCUT2D eigenvalue weighted by molar-refractivity contribution is 5.53. The molecule has 1 saturated heterocycles. The molecular weight excluding hydrogens is 224 g/mol. The molecule has 0 aromatic carbocycles. The van der Waals surface area contributed by atoms with Crippen LogP contribution in [-0.4, -0.2) is 22.7 Å². The van der Waals surface area contributed by atoms with Crippen molar-refractivity contribution in [1.29, 1.82) is 0 Å². The Morgan fingerprint density at radius 3 is 2.83 bits per heavy atom. The number of hydrogen-bond acceptors (Lipinski definition) is 3. The van der Waals surface area contributed by atoms with E-state index in [-0.39, 0.29) is 6.61 Å². The average molecular weight is 246 g/mol. The van der Waals surface area contributed by atoms with Crippen molar-refractivity contribution < 1.29 is 5.11 Å². The number of anilines is 1. The fourth-order valence-electron chi connectivity index (χ4n) is 3.73. The van der Waals surface area contributed by atoms with Gasteiger partial charge in [0.2, 0.25) is 0 Å². The first kappa shape index (κ1) is 12.0. The molecule has 1 atom stereocenters. The molecule has 1 saturated carbocycles. The second kappa shape index (κ2) is 5.27. The normalized spacial score (nSPS) is 24.9. The van der Waals surface area contributed by atoms with Gasteiger partial charge in [-0.1, -0.05) is 12.8 Å². The van der Waals surface area contributed by atoms with E-state index < -0.39 is 0 Å². The molecule has 0 radical (unpaired) electrons. The van der Waals surface area contributed by atoms with Gasteiger partial charge in [0.15, 0.2) is 0 Å². The fraction of sp³-hybridized carbons (Fsp3) is 0.667. The molecule has 3 heteroatoms. The van der Waals surface area contributed by atoms with Crippen molar-refractivity contribution in [3.63, 3.8) is 0 Å². The van der Waals surface area contributed by atoms with Crippen molar-refractivity contribution in [3.8, 4) is 0 Å². The summed E-state index contributed by atoms with van der Waals surface area (Å²) in [5.41, 5.74) is 2.18. The molecule has 0 bridgehead atoms. The van der Waals surface area contributed by atoms with E-state index in [0.29, 0.717) is 6.04 Å². The number of pyridine rings is 1. The Hall–Kier alpha value is -1.09. The third kappa shape index (κ3) is 2.12. The van der Waals surface area contributed by atoms with Gasteiger partial charge in [0.25, 0.3) is 0 Å². The second-order valence-corrected chi connectivity index (χ2v) is 5.61. The predicted octanol–water partition coefficient (Wildman–Crippen LogP) is 2.73. The van der Waals surface area contributed by atoms with Crippen molar-refractivity contribution in [1.82, 2.24) is 4.98 Å². The number of rotatable bonds is 3. The molecule has 1 N–H and O–H groups in total. The Balaban J connectivity index is 1.85. The summed E-state index contributed by atoms with van der Waals surface area (Å²) in [6.45, 7) is 1.24. The zero-order valence-corrected chi connectivity index (χ0v) is 10.9. The molecular formula is C15H22N2O. The van der Waals surface area contributed by atoms with Crippen LogP contribution in [0.5, 0.6) is 0 Å². The third-order valence-electron chi connectivity index (χ3n) is 4.61. The van der Waals surface area contributed by atoms with Crippen molar-refractivity contribution in [3.05, 3.63) is 24.0 Å². The van der Waals surface area contributed by atoms with E-state index >= 15 is 0 Å². The highest BCUT2D eigenvalue weighted by Crippen LogP contribution is 2.38. The summed E-state index contributed by atoms with van der Waals surface area (Å²) < 4.78 is 0. The van der Waals surface area contributed by atoms with Crippen LogP contribution in [0.25, 0.3) is 0 Å². The maximum absolute atomic E-state index is 9.48. The Morgan fingerprint density at radius 1 is 1.22 bits per heavy atom. The number of nitrogens with zero attached hydrogens (tertiary/aromatic N) is 2. The summed E-state index contributed by atoms with van der Waals surface area (Å²) in [6, 6.07) is 2.63. The van der Waals surface area contributed by atoms with Gasteiger partial charge >= 0.3 is 0 Å². The van der Waals surface area contributed by atoms with Crippen LogP contribution < -0.4 is 4.90 Å². The zero-order valence-electron chi connectivity index (χ0n) is 10.9. The van der Waals surface area contributed by atoms with Gasteiger partial charge in [-0.05, 0) is 37.7 Å². The molecule has 98 valence electrons. The molecule has 1 aliphatic carbocycles. The molecule has 1 unspecified atom stereocenters. The van der Waals surface area contributed by atoms with Crippen LogP contribution in [0.2, 0.25) is 0 Å². The summed E-state index contributed by atoms with van der Waals surface area (Å²) >= 11 is 0. The molecule has 1 aromatic rings. The second-order valence-electron chi connectivity index (χ2n) is 5.61. The van der Waals surface area contributed by atoms with E-state index in [1.807, 2.05) is 12.3 Å². The van der Waals surface area contributed by atoms with Crippen LogP contribution in [0.15, 0.2) is 18.5 Å². The number of aromatic nitrogens is 1. The maximum atomic E-state index is 9.48. The van der Waals surface area contributed by atoms with Crippen LogP contribution in [0.1, 0.15) is 44.1 Å². The molecule has 2 fully saturated rings. The van der Waals surface area contributed by atoms with Crippen molar-refractivity contribution in [2.45, 2.75) is 51.2 Å². The topological polar surface area (TPSA) is 36.4 Å². The Bertz CT molecular complexity index is 401. The Kier molecular flexibility index (Phi) is 3.50. The first-order valence-electron chi connectivity index (χ1n) is 7.20. The minimum absolute atomic E-state index is 0.117. The summed E-state index contributed by atoms with van der Waals surface area (Å²) in [5, 5.41) is 9.48. The molecule has 1 aromatic heterocycles. The molecule has 0 spiro atoms. The SMILES string of the molecule is OCc1ccncc1N1CCCC1C1CCCC1. The third-order valence-corrected chi connectivity index (χ3v) is 4.61. The molecule has 18 heavy (non-hydrogen) atoms. The van der Waals surface area contributed by atoms with Gasteiger partial charge in [-0.2, -0.15) is 0 Å². The van der Waals surface area contributed by atoms with Crippen LogP contribution in [0.3, 0.4) is 0 Å². The highest BCUT2D eigenvalue weighted by atomic mass is 16.3. The standard InChI is InChI=1S/C15H22N2O/c18-11-13-7-8-16-10-15(13)17-9-3-6-14(17)12-4-1-2-5-12/h7-8,10,12,14,18H,1-6,9,11H2. The minimum atomic E-state index is 0.117. The lowest BCUT2D eigenvalue weighted by Gasteiger charge is -2.32. The van der Waals surface area contributed by atoms with E-state index in [0.717, 1.165) is 23.7 Å². The number of aliphatic hydroxyl groups is 1. The smallest absolute Gasteiger partial charge is 0.0703 e. The molecule has 1 aliphatic heterocycles.